The average molecular weight is 299 g/mol. The molecule has 1 aliphatic heterocycles. The molecule has 1 fully saturated rings. The van der Waals surface area contributed by atoms with Crippen molar-refractivity contribution in [3.8, 4) is 0 Å². The van der Waals surface area contributed by atoms with E-state index in [0.29, 0.717) is 6.54 Å². The Kier molecular flexibility index (Phi) is 6.45. The molecule has 1 heterocycles. The van der Waals surface area contributed by atoms with Crippen LogP contribution in [0.5, 0.6) is 0 Å². The molecule has 3 N–H and O–H groups in total. The third-order valence-corrected chi connectivity index (χ3v) is 3.86. The van der Waals surface area contributed by atoms with Crippen molar-refractivity contribution in [2.24, 2.45) is 5.41 Å². The molecule has 0 saturated carbocycles. The monoisotopic (exact) mass is 299 g/mol. The molecule has 1 unspecified atom stereocenters. The molecule has 6 heteroatoms. The third-order valence-electron chi connectivity index (χ3n) is 3.86. The molecule has 1 atom stereocenters. The van der Waals surface area contributed by atoms with Gasteiger partial charge in [-0.15, -0.1) is 0 Å². The van der Waals surface area contributed by atoms with Crippen LogP contribution in [0.4, 0.5) is 4.79 Å². The Labute approximate surface area is 127 Å². The highest BCUT2D eigenvalue weighted by Crippen LogP contribution is 2.20. The lowest BCUT2D eigenvalue weighted by Gasteiger charge is -2.37. The highest BCUT2D eigenvalue weighted by Gasteiger charge is 2.35. The fourth-order valence-electron chi connectivity index (χ4n) is 2.66. The number of hydrogen-bond donors (Lipinski definition) is 3. The lowest BCUT2D eigenvalue weighted by atomic mass is 9.87. The smallest absolute Gasteiger partial charge is 0.326 e. The van der Waals surface area contributed by atoms with Gasteiger partial charge in [-0.25, -0.2) is 9.59 Å². The van der Waals surface area contributed by atoms with Crippen molar-refractivity contribution in [2.45, 2.75) is 59.0 Å². The van der Waals surface area contributed by atoms with E-state index in [-0.39, 0.29) is 12.1 Å². The zero-order valence-electron chi connectivity index (χ0n) is 13.6. The largest absolute Gasteiger partial charge is 0.480 e. The Morgan fingerprint density at radius 3 is 2.33 bits per heavy atom. The molecule has 0 bridgehead atoms. The Hall–Kier alpha value is -1.30. The lowest BCUT2D eigenvalue weighted by Crippen LogP contribution is -2.56. The van der Waals surface area contributed by atoms with E-state index in [1.165, 1.54) is 0 Å². The van der Waals surface area contributed by atoms with Crippen LogP contribution >= 0.6 is 0 Å². The summed E-state index contributed by atoms with van der Waals surface area (Å²) in [6.45, 7) is 9.95. The van der Waals surface area contributed by atoms with Crippen molar-refractivity contribution in [3.63, 3.8) is 0 Å². The van der Waals surface area contributed by atoms with Crippen LogP contribution in [0, 0.1) is 5.41 Å². The van der Waals surface area contributed by atoms with Crippen molar-refractivity contribution < 1.29 is 14.7 Å². The number of amides is 2. The number of rotatable bonds is 5. The van der Waals surface area contributed by atoms with Crippen LogP contribution in [0.25, 0.3) is 0 Å². The molecule has 122 valence electrons. The van der Waals surface area contributed by atoms with Gasteiger partial charge in [0, 0.05) is 12.6 Å². The van der Waals surface area contributed by atoms with Gasteiger partial charge >= 0.3 is 12.0 Å². The van der Waals surface area contributed by atoms with Crippen molar-refractivity contribution in [2.75, 3.05) is 19.6 Å². The van der Waals surface area contributed by atoms with Crippen molar-refractivity contribution in [3.05, 3.63) is 0 Å². The Bertz CT molecular complexity index is 360. The predicted octanol–water partition coefficient (Wildman–Crippen LogP) is 1.66. The van der Waals surface area contributed by atoms with Crippen LogP contribution in [-0.2, 0) is 4.79 Å². The Morgan fingerprint density at radius 1 is 1.33 bits per heavy atom. The van der Waals surface area contributed by atoms with Gasteiger partial charge in [-0.3, -0.25) is 0 Å². The summed E-state index contributed by atoms with van der Waals surface area (Å²) in [4.78, 5) is 25.7. The summed E-state index contributed by atoms with van der Waals surface area (Å²) in [5, 5.41) is 15.3. The highest BCUT2D eigenvalue weighted by molar-refractivity contribution is 5.83. The molecule has 0 aromatic rings. The number of carboxylic acids is 1. The van der Waals surface area contributed by atoms with E-state index < -0.39 is 17.4 Å². The number of urea groups is 1. The highest BCUT2D eigenvalue weighted by atomic mass is 16.4. The van der Waals surface area contributed by atoms with Gasteiger partial charge in [-0.05, 0) is 37.8 Å². The molecule has 0 aliphatic carbocycles. The number of hydrogen-bond acceptors (Lipinski definition) is 3. The summed E-state index contributed by atoms with van der Waals surface area (Å²) in [6.07, 6.45) is 2.70. The maximum Gasteiger partial charge on any atom is 0.326 e. The summed E-state index contributed by atoms with van der Waals surface area (Å²) in [5.41, 5.74) is -0.520. The number of carbonyl (C=O) groups is 2. The molecule has 0 aromatic heterocycles. The van der Waals surface area contributed by atoms with Crippen LogP contribution in [0.3, 0.4) is 0 Å². The molecule has 21 heavy (non-hydrogen) atoms. The standard InChI is InChI=1S/C15H29N3O3/c1-5-10-18(11-6-8-16-9-7-11)14(21)17-12(13(19)20)15(2,3)4/h11-12,16H,5-10H2,1-4H3,(H,17,21)(H,19,20). The van der Waals surface area contributed by atoms with Gasteiger partial charge in [0.05, 0.1) is 0 Å². The molecular formula is C15H29N3O3. The first-order valence-electron chi connectivity index (χ1n) is 7.78. The normalized spacial score (nSPS) is 18.1. The molecule has 1 saturated heterocycles. The van der Waals surface area contributed by atoms with Crippen LogP contribution in [0.1, 0.15) is 47.0 Å². The van der Waals surface area contributed by atoms with Crippen LogP contribution in [0.15, 0.2) is 0 Å². The zero-order chi connectivity index (χ0) is 16.0. The number of nitrogens with one attached hydrogen (secondary N) is 2. The van der Waals surface area contributed by atoms with E-state index in [9.17, 15) is 14.7 Å². The Balaban J connectivity index is 2.77. The van der Waals surface area contributed by atoms with Gasteiger partial charge in [0.2, 0.25) is 0 Å². The topological polar surface area (TPSA) is 81.7 Å². The lowest BCUT2D eigenvalue weighted by molar-refractivity contribution is -0.142. The molecule has 0 aromatic carbocycles. The van der Waals surface area contributed by atoms with E-state index in [1.807, 2.05) is 32.6 Å². The van der Waals surface area contributed by atoms with Gasteiger partial charge < -0.3 is 20.6 Å². The summed E-state index contributed by atoms with van der Waals surface area (Å²) in [5.74, 6) is -0.988. The maximum atomic E-state index is 12.5. The quantitative estimate of drug-likeness (QED) is 0.721. The number of nitrogens with zero attached hydrogens (tertiary/aromatic N) is 1. The summed E-state index contributed by atoms with van der Waals surface area (Å²) in [6, 6.07) is -0.947. The third kappa shape index (κ3) is 5.19. The van der Waals surface area contributed by atoms with Gasteiger partial charge in [-0.2, -0.15) is 0 Å². The van der Waals surface area contributed by atoms with Crippen LogP contribution in [-0.4, -0.2) is 53.7 Å². The SMILES string of the molecule is CCCN(C(=O)NC(C(=O)O)C(C)(C)C)C1CCNCC1. The molecule has 0 radical (unpaired) electrons. The Morgan fingerprint density at radius 2 is 1.90 bits per heavy atom. The maximum absolute atomic E-state index is 12.5. The molecule has 1 aliphatic rings. The van der Waals surface area contributed by atoms with Gasteiger partial charge in [0.25, 0.3) is 0 Å². The minimum Gasteiger partial charge on any atom is -0.480 e. The van der Waals surface area contributed by atoms with Gasteiger partial charge in [0.1, 0.15) is 6.04 Å². The zero-order valence-corrected chi connectivity index (χ0v) is 13.6. The van der Waals surface area contributed by atoms with E-state index in [2.05, 4.69) is 10.6 Å². The number of aliphatic carboxylic acids is 1. The summed E-state index contributed by atoms with van der Waals surface area (Å²) in [7, 11) is 0. The van der Waals surface area contributed by atoms with Gasteiger partial charge in [0.15, 0.2) is 0 Å². The predicted molar refractivity (Wildman–Crippen MR) is 82.3 cm³/mol. The molecule has 2 amide bonds. The van der Waals surface area contributed by atoms with Crippen molar-refractivity contribution in [1.29, 1.82) is 0 Å². The summed E-state index contributed by atoms with van der Waals surface area (Å²) < 4.78 is 0. The second kappa shape index (κ2) is 7.64. The average Bonchev–Trinajstić information content (AvgIpc) is 2.41. The molecule has 1 rings (SSSR count). The van der Waals surface area contributed by atoms with Crippen molar-refractivity contribution >= 4 is 12.0 Å². The first kappa shape index (κ1) is 17.8. The number of piperidine rings is 1. The van der Waals surface area contributed by atoms with Gasteiger partial charge in [-0.1, -0.05) is 27.7 Å². The second-order valence-corrected chi connectivity index (χ2v) is 6.76. The molecule has 0 spiro atoms. The van der Waals surface area contributed by atoms with E-state index in [0.717, 1.165) is 32.4 Å². The van der Waals surface area contributed by atoms with Crippen LogP contribution in [0.2, 0.25) is 0 Å². The minimum atomic E-state index is -0.988. The summed E-state index contributed by atoms with van der Waals surface area (Å²) >= 11 is 0. The minimum absolute atomic E-state index is 0.195. The molecular weight excluding hydrogens is 270 g/mol. The van der Waals surface area contributed by atoms with E-state index in [4.69, 9.17) is 0 Å². The van der Waals surface area contributed by atoms with Crippen molar-refractivity contribution in [1.82, 2.24) is 15.5 Å². The van der Waals surface area contributed by atoms with E-state index >= 15 is 0 Å². The fraction of sp³-hybridized carbons (Fsp3) is 0.867. The fourth-order valence-corrected chi connectivity index (χ4v) is 2.66. The van der Waals surface area contributed by atoms with E-state index in [1.54, 1.807) is 0 Å². The number of carboxylic acid groups (broad SMARTS) is 1. The first-order valence-corrected chi connectivity index (χ1v) is 7.78. The number of carbonyl (C=O) groups excluding carboxylic acids is 1. The first-order chi connectivity index (χ1) is 9.77. The molecule has 6 nitrogen and oxygen atoms in total. The second-order valence-electron chi connectivity index (χ2n) is 6.76. The van der Waals surface area contributed by atoms with Crippen LogP contribution < -0.4 is 10.6 Å².